The fourth-order valence-corrected chi connectivity index (χ4v) is 2.26. The normalized spacial score (nSPS) is 18.9. The minimum atomic E-state index is -1.17. The molecule has 0 aromatic carbocycles. The highest BCUT2D eigenvalue weighted by molar-refractivity contribution is 6.33. The van der Waals surface area contributed by atoms with E-state index in [1.165, 1.54) is 0 Å². The van der Waals surface area contributed by atoms with Crippen LogP contribution in [0.15, 0.2) is 4.52 Å². The van der Waals surface area contributed by atoms with Crippen LogP contribution in [0.5, 0.6) is 0 Å². The summed E-state index contributed by atoms with van der Waals surface area (Å²) in [5, 5.41) is 12.7. The number of hydrogen-bond acceptors (Lipinski definition) is 4. The van der Waals surface area contributed by atoms with E-state index in [9.17, 15) is 4.79 Å². The molecule has 0 atom stereocenters. The number of carbonyl (C=O) groups is 1. The number of nitrogens with zero attached hydrogens (tertiary/aromatic N) is 2. The first-order chi connectivity index (χ1) is 7.59. The minimum Gasteiger partial charge on any atom is -0.475 e. The monoisotopic (exact) mass is 244 g/mol. The summed E-state index contributed by atoms with van der Waals surface area (Å²) < 4.78 is 4.74. The highest BCUT2D eigenvalue weighted by atomic mass is 35.5. The Labute approximate surface area is 98.0 Å². The van der Waals surface area contributed by atoms with Gasteiger partial charge in [-0.05, 0) is 33.0 Å². The van der Waals surface area contributed by atoms with Crippen LogP contribution in [0.3, 0.4) is 0 Å². The number of likely N-dealkylation sites (tertiary alicyclic amines) is 1. The molecule has 1 aromatic heterocycles. The van der Waals surface area contributed by atoms with Crippen molar-refractivity contribution in [2.75, 3.05) is 20.1 Å². The molecule has 0 aliphatic carbocycles. The minimum absolute atomic E-state index is 0.155. The molecule has 16 heavy (non-hydrogen) atoms. The lowest BCUT2D eigenvalue weighted by molar-refractivity contribution is 0.0652. The van der Waals surface area contributed by atoms with Gasteiger partial charge in [-0.1, -0.05) is 16.8 Å². The molecule has 0 saturated carbocycles. The van der Waals surface area contributed by atoms with Gasteiger partial charge >= 0.3 is 5.97 Å². The number of carboxylic acids is 1. The Morgan fingerprint density at radius 1 is 1.56 bits per heavy atom. The Bertz CT molecular complexity index is 397. The van der Waals surface area contributed by atoms with Gasteiger partial charge < -0.3 is 14.5 Å². The van der Waals surface area contributed by atoms with Gasteiger partial charge in [-0.15, -0.1) is 0 Å². The third-order valence-electron chi connectivity index (χ3n) is 2.96. The topological polar surface area (TPSA) is 66.6 Å². The van der Waals surface area contributed by atoms with Crippen LogP contribution in [0.1, 0.15) is 35.0 Å². The van der Waals surface area contributed by atoms with Crippen LogP contribution < -0.4 is 0 Å². The second kappa shape index (κ2) is 4.43. The number of aromatic carboxylic acids is 1. The molecule has 1 aliphatic rings. The van der Waals surface area contributed by atoms with Crippen molar-refractivity contribution in [1.29, 1.82) is 0 Å². The Morgan fingerprint density at radius 3 is 2.69 bits per heavy atom. The van der Waals surface area contributed by atoms with Crippen molar-refractivity contribution in [2.45, 2.75) is 18.8 Å². The van der Waals surface area contributed by atoms with Crippen molar-refractivity contribution >= 4 is 17.6 Å². The molecule has 5 nitrogen and oxygen atoms in total. The lowest BCUT2D eigenvalue weighted by atomic mass is 9.94. The van der Waals surface area contributed by atoms with Gasteiger partial charge in [0.1, 0.15) is 10.7 Å². The maximum atomic E-state index is 10.7. The molecule has 2 rings (SSSR count). The number of hydrogen-bond donors (Lipinski definition) is 1. The molecular formula is C10H13ClN2O3. The highest BCUT2D eigenvalue weighted by Crippen LogP contribution is 2.33. The first kappa shape index (κ1) is 11.4. The summed E-state index contributed by atoms with van der Waals surface area (Å²) in [4.78, 5) is 13.0. The summed E-state index contributed by atoms with van der Waals surface area (Å²) in [5.74, 6) is -1.21. The van der Waals surface area contributed by atoms with Crippen molar-refractivity contribution in [2.24, 2.45) is 0 Å². The molecule has 1 saturated heterocycles. The average Bonchev–Trinajstić information content (AvgIpc) is 2.61. The summed E-state index contributed by atoms with van der Waals surface area (Å²) in [7, 11) is 2.06. The van der Waals surface area contributed by atoms with E-state index in [1.54, 1.807) is 0 Å². The van der Waals surface area contributed by atoms with Crippen molar-refractivity contribution in [3.63, 3.8) is 0 Å². The second-order valence-corrected chi connectivity index (χ2v) is 4.47. The first-order valence-electron chi connectivity index (χ1n) is 5.16. The van der Waals surface area contributed by atoms with Crippen LogP contribution in [-0.2, 0) is 0 Å². The first-order valence-corrected chi connectivity index (χ1v) is 5.54. The van der Waals surface area contributed by atoms with E-state index < -0.39 is 5.97 Å². The van der Waals surface area contributed by atoms with E-state index in [0.29, 0.717) is 5.69 Å². The fourth-order valence-electron chi connectivity index (χ4n) is 1.96. The molecule has 2 heterocycles. The zero-order valence-electron chi connectivity index (χ0n) is 8.94. The van der Waals surface area contributed by atoms with Crippen molar-refractivity contribution in [1.82, 2.24) is 10.1 Å². The van der Waals surface area contributed by atoms with Crippen molar-refractivity contribution in [3.05, 3.63) is 16.5 Å². The van der Waals surface area contributed by atoms with E-state index in [1.807, 2.05) is 0 Å². The van der Waals surface area contributed by atoms with Crippen LogP contribution >= 0.6 is 11.6 Å². The highest BCUT2D eigenvalue weighted by Gasteiger charge is 2.28. The van der Waals surface area contributed by atoms with Gasteiger partial charge in [0.05, 0.1) is 0 Å². The van der Waals surface area contributed by atoms with Gasteiger partial charge in [-0.3, -0.25) is 0 Å². The zero-order valence-corrected chi connectivity index (χ0v) is 9.70. The molecule has 6 heteroatoms. The summed E-state index contributed by atoms with van der Waals surface area (Å²) in [5.41, 5.74) is 0.590. The van der Waals surface area contributed by atoms with E-state index in [4.69, 9.17) is 21.2 Å². The summed E-state index contributed by atoms with van der Waals surface area (Å²) in [6.07, 6.45) is 1.86. The molecule has 88 valence electrons. The Hall–Kier alpha value is -1.07. The van der Waals surface area contributed by atoms with Crippen LogP contribution in [0, 0.1) is 0 Å². The molecule has 1 aromatic rings. The standard InChI is InChI=1S/C10H13ClN2O3/c1-13-4-2-6(3-5-13)8-7(11)9(10(14)15)16-12-8/h6H,2-5H2,1H3,(H,14,15). The number of aromatic nitrogens is 1. The van der Waals surface area contributed by atoms with Crippen molar-refractivity contribution in [3.8, 4) is 0 Å². The largest absolute Gasteiger partial charge is 0.475 e. The molecule has 0 bridgehead atoms. The zero-order chi connectivity index (χ0) is 11.7. The lowest BCUT2D eigenvalue weighted by Gasteiger charge is -2.27. The van der Waals surface area contributed by atoms with Crippen LogP contribution in [0.25, 0.3) is 0 Å². The Balaban J connectivity index is 2.18. The molecule has 0 radical (unpaired) electrons. The lowest BCUT2D eigenvalue weighted by Crippen LogP contribution is -2.29. The van der Waals surface area contributed by atoms with Gasteiger partial charge in [0.15, 0.2) is 0 Å². The summed E-state index contributed by atoms with van der Waals surface area (Å²) in [6, 6.07) is 0. The van der Waals surface area contributed by atoms with Crippen LogP contribution in [0.2, 0.25) is 5.02 Å². The van der Waals surface area contributed by atoms with Gasteiger partial charge in [0.25, 0.3) is 5.76 Å². The van der Waals surface area contributed by atoms with Gasteiger partial charge in [0, 0.05) is 5.92 Å². The molecule has 0 spiro atoms. The Morgan fingerprint density at radius 2 is 2.19 bits per heavy atom. The molecular weight excluding hydrogens is 232 g/mol. The van der Waals surface area contributed by atoms with E-state index in [2.05, 4.69) is 17.1 Å². The van der Waals surface area contributed by atoms with E-state index >= 15 is 0 Å². The SMILES string of the molecule is CN1CCC(c2noc(C(=O)O)c2Cl)CC1. The molecule has 1 fully saturated rings. The quantitative estimate of drug-likeness (QED) is 0.860. The molecule has 1 aliphatic heterocycles. The van der Waals surface area contributed by atoms with E-state index in [0.717, 1.165) is 25.9 Å². The smallest absolute Gasteiger partial charge is 0.376 e. The third-order valence-corrected chi connectivity index (χ3v) is 3.32. The number of rotatable bonds is 2. The average molecular weight is 245 g/mol. The third kappa shape index (κ3) is 2.05. The second-order valence-electron chi connectivity index (χ2n) is 4.09. The molecule has 0 unspecified atom stereocenters. The van der Waals surface area contributed by atoms with Crippen LogP contribution in [-0.4, -0.2) is 41.3 Å². The van der Waals surface area contributed by atoms with Gasteiger partial charge in [0.2, 0.25) is 0 Å². The molecule has 1 N–H and O–H groups in total. The maximum absolute atomic E-state index is 10.7. The number of carboxylic acid groups (broad SMARTS) is 1. The van der Waals surface area contributed by atoms with Crippen molar-refractivity contribution < 1.29 is 14.4 Å². The molecule has 0 amide bonds. The van der Waals surface area contributed by atoms with Gasteiger partial charge in [-0.2, -0.15) is 0 Å². The maximum Gasteiger partial charge on any atom is 0.376 e. The van der Waals surface area contributed by atoms with Crippen LogP contribution in [0.4, 0.5) is 0 Å². The predicted octanol–water partition coefficient (Wildman–Crippen LogP) is 1.84. The Kier molecular flexibility index (Phi) is 3.16. The summed E-state index contributed by atoms with van der Waals surface area (Å²) >= 11 is 5.94. The number of piperidine rings is 1. The fraction of sp³-hybridized carbons (Fsp3) is 0.600. The number of halogens is 1. The predicted molar refractivity (Wildman–Crippen MR) is 57.9 cm³/mol. The van der Waals surface area contributed by atoms with Gasteiger partial charge in [-0.25, -0.2) is 4.79 Å². The summed E-state index contributed by atoms with van der Waals surface area (Å²) in [6.45, 7) is 1.94. The van der Waals surface area contributed by atoms with E-state index in [-0.39, 0.29) is 16.7 Å².